The zero-order valence-electron chi connectivity index (χ0n) is 11.0. The van der Waals surface area contributed by atoms with Gasteiger partial charge in [0, 0.05) is 16.5 Å². The number of aromatic nitrogens is 2. The van der Waals surface area contributed by atoms with Crippen LogP contribution in [-0.2, 0) is 6.18 Å². The summed E-state index contributed by atoms with van der Waals surface area (Å²) in [6.07, 6.45) is -2.21. The van der Waals surface area contributed by atoms with E-state index < -0.39 is 11.2 Å². The minimum Gasteiger partial charge on any atom is -0.304 e. The van der Waals surface area contributed by atoms with E-state index in [-0.39, 0.29) is 6.04 Å². The lowest BCUT2D eigenvalue weighted by Gasteiger charge is -2.14. The van der Waals surface area contributed by atoms with Gasteiger partial charge in [0.1, 0.15) is 0 Å². The molecule has 110 valence electrons. The molecule has 0 aliphatic heterocycles. The van der Waals surface area contributed by atoms with Crippen molar-refractivity contribution in [2.24, 2.45) is 0 Å². The highest BCUT2D eigenvalue weighted by Crippen LogP contribution is 2.36. The van der Waals surface area contributed by atoms with Crippen molar-refractivity contribution in [2.45, 2.75) is 32.5 Å². The topological polar surface area (TPSA) is 37.8 Å². The van der Waals surface area contributed by atoms with E-state index in [1.165, 1.54) is 17.5 Å². The van der Waals surface area contributed by atoms with Crippen molar-refractivity contribution in [3.05, 3.63) is 32.2 Å². The molecule has 0 amide bonds. The van der Waals surface area contributed by atoms with Gasteiger partial charge >= 0.3 is 6.18 Å². The number of halogens is 3. The van der Waals surface area contributed by atoms with Crippen molar-refractivity contribution in [3.8, 4) is 0 Å². The number of nitrogens with one attached hydrogen (secondary N) is 1. The fraction of sp³-hybridized carbons (Fsp3) is 0.500. The fourth-order valence-corrected chi connectivity index (χ4v) is 3.21. The van der Waals surface area contributed by atoms with Crippen LogP contribution in [0.1, 0.15) is 40.0 Å². The molecule has 0 aliphatic carbocycles. The number of rotatable bonds is 5. The van der Waals surface area contributed by atoms with Crippen molar-refractivity contribution < 1.29 is 13.2 Å². The molecule has 2 aromatic rings. The van der Waals surface area contributed by atoms with E-state index in [2.05, 4.69) is 15.3 Å². The maximum absolute atomic E-state index is 12.6. The van der Waals surface area contributed by atoms with Gasteiger partial charge in [-0.05, 0) is 19.9 Å². The Morgan fingerprint density at radius 3 is 2.65 bits per heavy atom. The summed E-state index contributed by atoms with van der Waals surface area (Å²) in [4.78, 5) is 8.38. The van der Waals surface area contributed by atoms with Crippen LogP contribution < -0.4 is 5.32 Å². The van der Waals surface area contributed by atoms with Crippen LogP contribution in [0.2, 0.25) is 0 Å². The summed E-state index contributed by atoms with van der Waals surface area (Å²) in [5.74, 6) is 0. The predicted octanol–water partition coefficient (Wildman–Crippen LogP) is 4.02. The monoisotopic (exact) mass is 321 g/mol. The second-order valence-corrected chi connectivity index (χ2v) is 6.37. The summed E-state index contributed by atoms with van der Waals surface area (Å²) >= 11 is 2.15. The van der Waals surface area contributed by atoms with Gasteiger partial charge < -0.3 is 5.32 Å². The maximum atomic E-state index is 12.6. The van der Waals surface area contributed by atoms with Crippen LogP contribution in [0.15, 0.2) is 11.6 Å². The Balaban J connectivity index is 2.29. The Hall–Kier alpha value is -0.990. The zero-order valence-corrected chi connectivity index (χ0v) is 12.6. The van der Waals surface area contributed by atoms with E-state index in [0.29, 0.717) is 22.8 Å². The van der Waals surface area contributed by atoms with Crippen LogP contribution in [-0.4, -0.2) is 16.5 Å². The Bertz CT molecular complexity index is 562. The van der Waals surface area contributed by atoms with E-state index in [9.17, 15) is 13.2 Å². The third-order valence-electron chi connectivity index (χ3n) is 2.58. The standard InChI is InChI=1S/C12H14F3N3S2/c1-3-4-16-10(8-6-19-7(2)18-8)9-5-17-11(20-9)12(13,14)15/h5-6,10,16H,3-4H2,1-2H3. The van der Waals surface area contributed by atoms with Gasteiger partial charge in [-0.1, -0.05) is 6.92 Å². The summed E-state index contributed by atoms with van der Waals surface area (Å²) in [7, 11) is 0. The molecular weight excluding hydrogens is 307 g/mol. The molecule has 0 saturated carbocycles. The first-order chi connectivity index (χ1) is 9.41. The average Bonchev–Trinajstić information content (AvgIpc) is 2.99. The van der Waals surface area contributed by atoms with E-state index in [1.54, 1.807) is 0 Å². The molecule has 20 heavy (non-hydrogen) atoms. The van der Waals surface area contributed by atoms with Crippen molar-refractivity contribution in [1.82, 2.24) is 15.3 Å². The SMILES string of the molecule is CCCNC(c1csc(C)n1)c1cnc(C(F)(F)F)s1. The Morgan fingerprint density at radius 2 is 2.15 bits per heavy atom. The average molecular weight is 321 g/mol. The highest BCUT2D eigenvalue weighted by molar-refractivity contribution is 7.12. The first kappa shape index (κ1) is 15.4. The van der Waals surface area contributed by atoms with Crippen LogP contribution in [0.3, 0.4) is 0 Å². The minimum absolute atomic E-state index is 0.325. The summed E-state index contributed by atoms with van der Waals surface area (Å²) in [6, 6.07) is -0.325. The molecular formula is C12H14F3N3S2. The smallest absolute Gasteiger partial charge is 0.304 e. The van der Waals surface area contributed by atoms with Crippen molar-refractivity contribution in [2.75, 3.05) is 6.54 Å². The molecule has 8 heteroatoms. The van der Waals surface area contributed by atoms with Gasteiger partial charge in [-0.25, -0.2) is 9.97 Å². The highest BCUT2D eigenvalue weighted by Gasteiger charge is 2.35. The lowest BCUT2D eigenvalue weighted by atomic mass is 10.2. The highest BCUT2D eigenvalue weighted by atomic mass is 32.1. The third-order valence-corrected chi connectivity index (χ3v) is 4.48. The Kier molecular flexibility index (Phi) is 4.77. The molecule has 1 unspecified atom stereocenters. The van der Waals surface area contributed by atoms with E-state index >= 15 is 0 Å². The lowest BCUT2D eigenvalue weighted by Crippen LogP contribution is -2.22. The van der Waals surface area contributed by atoms with Crippen LogP contribution >= 0.6 is 22.7 Å². The van der Waals surface area contributed by atoms with Gasteiger partial charge in [-0.15, -0.1) is 22.7 Å². The molecule has 2 aromatic heterocycles. The largest absolute Gasteiger partial charge is 0.443 e. The van der Waals surface area contributed by atoms with Crippen LogP contribution in [0.5, 0.6) is 0 Å². The molecule has 0 spiro atoms. The van der Waals surface area contributed by atoms with E-state index in [4.69, 9.17) is 0 Å². The number of alkyl halides is 3. The predicted molar refractivity (Wildman–Crippen MR) is 74.1 cm³/mol. The van der Waals surface area contributed by atoms with Gasteiger partial charge in [0.05, 0.1) is 16.7 Å². The van der Waals surface area contributed by atoms with Crippen molar-refractivity contribution in [1.29, 1.82) is 0 Å². The van der Waals surface area contributed by atoms with E-state index in [0.717, 1.165) is 17.1 Å². The quantitative estimate of drug-likeness (QED) is 0.904. The molecule has 2 heterocycles. The molecule has 2 rings (SSSR count). The summed E-state index contributed by atoms with van der Waals surface area (Å²) < 4.78 is 37.9. The van der Waals surface area contributed by atoms with Gasteiger partial charge in [0.15, 0.2) is 5.01 Å². The molecule has 3 nitrogen and oxygen atoms in total. The first-order valence-electron chi connectivity index (χ1n) is 6.10. The van der Waals surface area contributed by atoms with Gasteiger partial charge in [0.25, 0.3) is 0 Å². The van der Waals surface area contributed by atoms with Crippen molar-refractivity contribution >= 4 is 22.7 Å². The second-order valence-electron chi connectivity index (χ2n) is 4.24. The van der Waals surface area contributed by atoms with Gasteiger partial charge in [-0.3, -0.25) is 0 Å². The number of hydrogen-bond acceptors (Lipinski definition) is 5. The van der Waals surface area contributed by atoms with Gasteiger partial charge in [-0.2, -0.15) is 13.2 Å². The Labute approximate surface area is 122 Å². The minimum atomic E-state index is -4.39. The summed E-state index contributed by atoms with van der Waals surface area (Å²) in [6.45, 7) is 4.59. The maximum Gasteiger partial charge on any atom is 0.443 e. The van der Waals surface area contributed by atoms with Crippen LogP contribution in [0.25, 0.3) is 0 Å². The molecule has 0 fully saturated rings. The molecule has 1 atom stereocenters. The van der Waals surface area contributed by atoms with Crippen LogP contribution in [0, 0.1) is 6.92 Å². The third kappa shape index (κ3) is 3.56. The number of aryl methyl sites for hydroxylation is 1. The number of thiazole rings is 2. The Morgan fingerprint density at radius 1 is 1.40 bits per heavy atom. The summed E-state index contributed by atoms with van der Waals surface area (Å²) in [5.41, 5.74) is 0.748. The number of nitrogens with zero attached hydrogens (tertiary/aromatic N) is 2. The molecule has 0 saturated heterocycles. The first-order valence-corrected chi connectivity index (χ1v) is 7.79. The number of hydrogen-bond donors (Lipinski definition) is 1. The normalized spacial score (nSPS) is 13.7. The zero-order chi connectivity index (χ0) is 14.8. The molecule has 0 aromatic carbocycles. The molecule has 1 N–H and O–H groups in total. The summed E-state index contributed by atoms with van der Waals surface area (Å²) in [5, 5.41) is 5.17. The van der Waals surface area contributed by atoms with Crippen molar-refractivity contribution in [3.63, 3.8) is 0 Å². The fourth-order valence-electron chi connectivity index (χ4n) is 1.70. The lowest BCUT2D eigenvalue weighted by molar-refractivity contribution is -0.137. The second kappa shape index (κ2) is 6.19. The molecule has 0 aliphatic rings. The van der Waals surface area contributed by atoms with Crippen LogP contribution in [0.4, 0.5) is 13.2 Å². The molecule has 0 radical (unpaired) electrons. The van der Waals surface area contributed by atoms with Gasteiger partial charge in [0.2, 0.25) is 0 Å². The molecule has 0 bridgehead atoms. The van der Waals surface area contributed by atoms with E-state index in [1.807, 2.05) is 19.2 Å².